The van der Waals surface area contributed by atoms with Gasteiger partial charge in [0.05, 0.1) is 0 Å². The van der Waals surface area contributed by atoms with Crippen molar-refractivity contribution in [1.29, 1.82) is 0 Å². The van der Waals surface area contributed by atoms with Gasteiger partial charge in [0.15, 0.2) is 19.6 Å². The summed E-state index contributed by atoms with van der Waals surface area (Å²) in [5, 5.41) is 37.7. The Labute approximate surface area is 233 Å². The number of carbonyl (C=O) groups is 4. The first-order valence-electron chi connectivity index (χ1n) is 5.38. The Balaban J connectivity index is -0.0000000573. The minimum Gasteiger partial charge on any atom is -1.00 e. The van der Waals surface area contributed by atoms with Crippen LogP contribution in [0.15, 0.2) is 0 Å². The van der Waals surface area contributed by atoms with Crippen LogP contribution in [-0.2, 0) is 19.2 Å². The SMILES string of the molecule is N.O=C(O)C[N+](CC(=O)O)(CC(=O)O)C1(C(=O)[O-])CC1.[H-].[H-].[H-].[H-].[Na+].[Na+].[Na+].[Na+]. The fourth-order valence-corrected chi connectivity index (χ4v) is 2.39. The van der Waals surface area contributed by atoms with Crippen LogP contribution in [0.2, 0.25) is 0 Å². The Bertz CT molecular complexity index is 434. The molecular weight excluding hydrogens is 368 g/mol. The summed E-state index contributed by atoms with van der Waals surface area (Å²) in [6, 6.07) is 0. The van der Waals surface area contributed by atoms with E-state index in [1.165, 1.54) is 0 Å². The van der Waals surface area contributed by atoms with E-state index in [9.17, 15) is 24.3 Å². The normalized spacial score (nSPS) is 13.2. The molecule has 0 saturated heterocycles. The molecular formula is C10H20N2Na4O8. The van der Waals surface area contributed by atoms with Crippen molar-refractivity contribution in [1.82, 2.24) is 6.15 Å². The van der Waals surface area contributed by atoms with Crippen molar-refractivity contribution in [2.24, 2.45) is 0 Å². The van der Waals surface area contributed by atoms with E-state index in [0.29, 0.717) is 0 Å². The topological polar surface area (TPSA) is 187 Å². The van der Waals surface area contributed by atoms with Crippen molar-refractivity contribution in [3.8, 4) is 0 Å². The Hall–Kier alpha value is 1.80. The van der Waals surface area contributed by atoms with Gasteiger partial charge < -0.3 is 37.1 Å². The van der Waals surface area contributed by atoms with Gasteiger partial charge in [-0.2, -0.15) is 0 Å². The number of quaternary nitrogens is 1. The van der Waals surface area contributed by atoms with Crippen molar-refractivity contribution in [2.45, 2.75) is 18.4 Å². The van der Waals surface area contributed by atoms with Crippen molar-refractivity contribution in [2.75, 3.05) is 19.6 Å². The molecule has 0 heterocycles. The summed E-state index contributed by atoms with van der Waals surface area (Å²) < 4.78 is -1.07. The minimum atomic E-state index is -1.74. The number of carbonyl (C=O) groups excluding carboxylic acids is 1. The monoisotopic (exact) mass is 388 g/mol. The fraction of sp³-hybridized carbons (Fsp3) is 0.600. The average Bonchev–Trinajstić information content (AvgIpc) is 2.93. The van der Waals surface area contributed by atoms with Crippen molar-refractivity contribution in [3.05, 3.63) is 0 Å². The van der Waals surface area contributed by atoms with Crippen LogP contribution in [-0.4, -0.2) is 68.9 Å². The number of nitrogens with zero attached hydrogens (tertiary/aromatic N) is 1. The molecule has 0 unspecified atom stereocenters. The smallest absolute Gasteiger partial charge is 1.00 e. The third-order valence-corrected chi connectivity index (χ3v) is 3.33. The molecule has 0 aromatic heterocycles. The molecule has 1 rings (SSSR count). The maximum absolute atomic E-state index is 11.2. The largest absolute Gasteiger partial charge is 1.00 e. The molecule has 1 aliphatic rings. The van der Waals surface area contributed by atoms with Gasteiger partial charge in [0.1, 0.15) is 11.5 Å². The van der Waals surface area contributed by atoms with Gasteiger partial charge in [-0.3, -0.25) is 4.48 Å². The summed E-state index contributed by atoms with van der Waals surface area (Å²) in [4.78, 5) is 43.7. The third-order valence-electron chi connectivity index (χ3n) is 3.33. The van der Waals surface area contributed by atoms with Gasteiger partial charge in [0, 0.05) is 12.8 Å². The summed E-state index contributed by atoms with van der Waals surface area (Å²) in [7, 11) is 0. The number of carboxylic acid groups (broad SMARTS) is 4. The Morgan fingerprint density at radius 3 is 1.21 bits per heavy atom. The molecule has 0 aromatic carbocycles. The third kappa shape index (κ3) is 9.14. The first-order chi connectivity index (χ1) is 8.65. The van der Waals surface area contributed by atoms with Crippen LogP contribution in [0.4, 0.5) is 0 Å². The van der Waals surface area contributed by atoms with E-state index in [2.05, 4.69) is 0 Å². The molecule has 6 N–H and O–H groups in total. The second kappa shape index (κ2) is 14.8. The molecule has 122 valence electrons. The summed E-state index contributed by atoms with van der Waals surface area (Å²) >= 11 is 0. The zero-order valence-corrected chi connectivity index (χ0v) is 22.6. The van der Waals surface area contributed by atoms with Gasteiger partial charge in [-0.05, 0) is 0 Å². The van der Waals surface area contributed by atoms with E-state index in [-0.39, 0.29) is 143 Å². The van der Waals surface area contributed by atoms with Gasteiger partial charge in [0.2, 0.25) is 0 Å². The van der Waals surface area contributed by atoms with Crippen LogP contribution in [0.5, 0.6) is 0 Å². The predicted molar refractivity (Wildman–Crippen MR) is 64.2 cm³/mol. The molecule has 10 nitrogen and oxygen atoms in total. The molecule has 1 saturated carbocycles. The van der Waals surface area contributed by atoms with E-state index in [4.69, 9.17) is 15.3 Å². The zero-order chi connectivity index (χ0) is 14.8. The summed E-state index contributed by atoms with van der Waals surface area (Å²) in [5.74, 6) is -6.00. The fourth-order valence-electron chi connectivity index (χ4n) is 2.39. The zero-order valence-electron chi connectivity index (χ0n) is 18.6. The summed E-state index contributed by atoms with van der Waals surface area (Å²) in [5.41, 5.74) is -1.74. The van der Waals surface area contributed by atoms with Crippen LogP contribution in [0.25, 0.3) is 0 Å². The van der Waals surface area contributed by atoms with E-state index >= 15 is 0 Å². The maximum atomic E-state index is 11.2. The molecule has 14 heteroatoms. The average molecular weight is 388 g/mol. The predicted octanol–water partition coefficient (Wildman–Crippen LogP) is -14.0. The second-order valence-electron chi connectivity index (χ2n) is 4.62. The number of aliphatic carboxylic acids is 4. The van der Waals surface area contributed by atoms with Gasteiger partial charge >= 0.3 is 136 Å². The first-order valence-corrected chi connectivity index (χ1v) is 5.38. The van der Waals surface area contributed by atoms with E-state index in [1.807, 2.05) is 0 Å². The van der Waals surface area contributed by atoms with Gasteiger partial charge in [-0.15, -0.1) is 0 Å². The Morgan fingerprint density at radius 1 is 0.833 bits per heavy atom. The number of hydrogen-bond acceptors (Lipinski definition) is 6. The van der Waals surface area contributed by atoms with Crippen LogP contribution >= 0.6 is 0 Å². The molecule has 24 heavy (non-hydrogen) atoms. The van der Waals surface area contributed by atoms with Gasteiger partial charge in [-0.1, -0.05) is 0 Å². The number of rotatable bonds is 8. The minimum absolute atomic E-state index is 0. The maximum Gasteiger partial charge on any atom is 1.00 e. The Morgan fingerprint density at radius 2 is 1.08 bits per heavy atom. The molecule has 0 spiro atoms. The molecule has 1 aliphatic carbocycles. The number of hydrogen-bond donors (Lipinski definition) is 4. The van der Waals surface area contributed by atoms with Crippen LogP contribution in [0, 0.1) is 0 Å². The molecule has 0 aliphatic heterocycles. The molecule has 0 amide bonds. The standard InChI is InChI=1S/C10H13NO8.H3N.4Na.4H/c12-6(13)3-11(4-7(14)15,5-8(16)17)10(1-2-10)9(18)19;;;;;;;;;/h1-5H2,(H3-,12,13,14,15,16,17,18,19);1H3;;;;;;;;/q;;4*+1;4*-1. The van der Waals surface area contributed by atoms with Gasteiger partial charge in [-0.25, -0.2) is 14.4 Å². The van der Waals surface area contributed by atoms with Crippen LogP contribution < -0.4 is 129 Å². The molecule has 0 atom stereocenters. The van der Waals surface area contributed by atoms with E-state index in [0.717, 1.165) is 0 Å². The van der Waals surface area contributed by atoms with Crippen molar-refractivity contribution >= 4 is 23.9 Å². The van der Waals surface area contributed by atoms with E-state index < -0.39 is 53.5 Å². The molecule has 1 fully saturated rings. The van der Waals surface area contributed by atoms with E-state index in [1.54, 1.807) is 0 Å². The van der Waals surface area contributed by atoms with Crippen LogP contribution in [0.1, 0.15) is 18.5 Å². The number of carboxylic acids is 4. The second-order valence-corrected chi connectivity index (χ2v) is 4.62. The Kier molecular flexibility index (Phi) is 22.6. The van der Waals surface area contributed by atoms with Crippen molar-refractivity contribution < 1.29 is 168 Å². The van der Waals surface area contributed by atoms with Crippen molar-refractivity contribution in [3.63, 3.8) is 0 Å². The quantitative estimate of drug-likeness (QED) is 0.231. The molecule has 0 bridgehead atoms. The van der Waals surface area contributed by atoms with Gasteiger partial charge in [0.25, 0.3) is 0 Å². The molecule has 0 radical (unpaired) electrons. The first kappa shape index (κ1) is 36.7. The summed E-state index contributed by atoms with van der Waals surface area (Å²) in [6.07, 6.45) is 0.00630. The van der Waals surface area contributed by atoms with Crippen LogP contribution in [0.3, 0.4) is 0 Å². The summed E-state index contributed by atoms with van der Waals surface area (Å²) in [6.45, 7) is -2.69. The molecule has 0 aromatic rings.